The van der Waals surface area contributed by atoms with Crippen LogP contribution in [0.1, 0.15) is 13.3 Å². The molecule has 1 aromatic heterocycles. The third-order valence-electron chi connectivity index (χ3n) is 1.98. The number of aliphatic hydroxyl groups excluding tert-OH is 1. The summed E-state index contributed by atoms with van der Waals surface area (Å²) in [5, 5.41) is 20.7. The van der Waals surface area contributed by atoms with Gasteiger partial charge < -0.3 is 20.3 Å². The van der Waals surface area contributed by atoms with E-state index >= 15 is 0 Å². The minimum Gasteiger partial charge on any atom is -0.481 e. The molecule has 0 amide bonds. The summed E-state index contributed by atoms with van der Waals surface area (Å²) in [6.45, 7) is 2.59. The number of carbonyl (C=O) groups is 1. The van der Waals surface area contributed by atoms with Crippen LogP contribution in [-0.4, -0.2) is 40.4 Å². The van der Waals surface area contributed by atoms with Crippen molar-refractivity contribution in [3.63, 3.8) is 0 Å². The lowest BCUT2D eigenvalue weighted by molar-refractivity contribution is -0.138. The summed E-state index contributed by atoms with van der Waals surface area (Å²) in [5.74, 6) is -0.492. The lowest BCUT2D eigenvalue weighted by Crippen LogP contribution is -2.22. The zero-order valence-corrected chi connectivity index (χ0v) is 9.59. The van der Waals surface area contributed by atoms with E-state index < -0.39 is 12.1 Å². The second kappa shape index (κ2) is 6.70. The fourth-order valence-corrected chi connectivity index (χ4v) is 1.23. The number of aliphatic carboxylic acids is 1. The Labute approximate surface area is 99.3 Å². The highest BCUT2D eigenvalue weighted by atomic mass is 16.5. The largest absolute Gasteiger partial charge is 0.481 e. The summed E-state index contributed by atoms with van der Waals surface area (Å²) < 4.78 is 5.17. The predicted octanol–water partition coefficient (Wildman–Crippen LogP) is 0.728. The molecule has 1 unspecified atom stereocenters. The topological polar surface area (TPSA) is 91.7 Å². The normalized spacial score (nSPS) is 11.9. The number of nitrogens with zero attached hydrogens (tertiary/aromatic N) is 1. The van der Waals surface area contributed by atoms with Gasteiger partial charge in [0, 0.05) is 12.6 Å². The van der Waals surface area contributed by atoms with Crippen molar-refractivity contribution in [1.29, 1.82) is 0 Å². The number of rotatable bonds is 7. The first-order chi connectivity index (χ1) is 8.11. The maximum Gasteiger partial charge on any atom is 0.306 e. The van der Waals surface area contributed by atoms with E-state index in [1.807, 2.05) is 6.92 Å². The van der Waals surface area contributed by atoms with Crippen molar-refractivity contribution in [2.24, 2.45) is 0 Å². The van der Waals surface area contributed by atoms with E-state index in [2.05, 4.69) is 10.3 Å². The standard InChI is InChI=1S/C11H16N2O4/c1-2-17-10-4-3-8(6-13-10)12-7-9(14)5-11(15)16/h3-4,6,9,12,14H,2,5,7H2,1H3,(H,15,16). The van der Waals surface area contributed by atoms with Crippen LogP contribution in [0.2, 0.25) is 0 Å². The SMILES string of the molecule is CCOc1ccc(NCC(O)CC(=O)O)cn1. The number of pyridine rings is 1. The van der Waals surface area contributed by atoms with E-state index in [4.69, 9.17) is 9.84 Å². The van der Waals surface area contributed by atoms with Gasteiger partial charge in [0.15, 0.2) is 0 Å². The maximum atomic E-state index is 10.3. The molecule has 0 aromatic carbocycles. The van der Waals surface area contributed by atoms with Gasteiger partial charge in [-0.25, -0.2) is 4.98 Å². The maximum absolute atomic E-state index is 10.3. The highest BCUT2D eigenvalue weighted by Crippen LogP contribution is 2.11. The Balaban J connectivity index is 2.38. The molecule has 0 spiro atoms. The molecule has 0 aliphatic heterocycles. The van der Waals surface area contributed by atoms with E-state index in [0.717, 1.165) is 0 Å². The first-order valence-corrected chi connectivity index (χ1v) is 5.34. The Morgan fingerprint density at radius 2 is 2.35 bits per heavy atom. The van der Waals surface area contributed by atoms with Crippen LogP contribution in [0.5, 0.6) is 5.88 Å². The minimum absolute atomic E-state index is 0.169. The van der Waals surface area contributed by atoms with Crippen molar-refractivity contribution in [3.8, 4) is 5.88 Å². The van der Waals surface area contributed by atoms with Gasteiger partial charge in [-0.15, -0.1) is 0 Å². The number of ether oxygens (including phenoxy) is 1. The minimum atomic E-state index is -1.02. The number of aliphatic hydroxyl groups is 1. The Kier molecular flexibility index (Phi) is 5.22. The molecule has 0 saturated carbocycles. The summed E-state index contributed by atoms with van der Waals surface area (Å²) >= 11 is 0. The molecule has 0 fully saturated rings. The number of anilines is 1. The molecule has 0 aliphatic rings. The Morgan fingerprint density at radius 3 is 2.88 bits per heavy atom. The molecule has 1 atom stereocenters. The molecular formula is C11H16N2O4. The van der Waals surface area contributed by atoms with Crippen LogP contribution in [0.3, 0.4) is 0 Å². The molecular weight excluding hydrogens is 224 g/mol. The zero-order chi connectivity index (χ0) is 12.7. The van der Waals surface area contributed by atoms with Crippen LogP contribution in [0.4, 0.5) is 5.69 Å². The number of hydrogen-bond donors (Lipinski definition) is 3. The van der Waals surface area contributed by atoms with Gasteiger partial charge in [-0.2, -0.15) is 0 Å². The quantitative estimate of drug-likeness (QED) is 0.650. The number of carboxylic acid groups (broad SMARTS) is 1. The molecule has 3 N–H and O–H groups in total. The van der Waals surface area contributed by atoms with Crippen LogP contribution in [0, 0.1) is 0 Å². The third-order valence-corrected chi connectivity index (χ3v) is 1.98. The van der Waals surface area contributed by atoms with Gasteiger partial charge in [0.1, 0.15) is 0 Å². The van der Waals surface area contributed by atoms with Crippen LogP contribution in [-0.2, 0) is 4.79 Å². The molecule has 0 aliphatic carbocycles. The summed E-state index contributed by atoms with van der Waals surface area (Å²) in [7, 11) is 0. The molecule has 6 nitrogen and oxygen atoms in total. The van der Waals surface area contributed by atoms with E-state index in [0.29, 0.717) is 18.2 Å². The van der Waals surface area contributed by atoms with Crippen LogP contribution in [0.25, 0.3) is 0 Å². The molecule has 1 aromatic rings. The number of carboxylic acids is 1. The van der Waals surface area contributed by atoms with Crippen molar-refractivity contribution in [3.05, 3.63) is 18.3 Å². The number of nitrogens with one attached hydrogen (secondary N) is 1. The summed E-state index contributed by atoms with van der Waals surface area (Å²) in [4.78, 5) is 14.3. The fraction of sp³-hybridized carbons (Fsp3) is 0.455. The van der Waals surface area contributed by atoms with E-state index in [1.165, 1.54) is 0 Å². The molecule has 1 heterocycles. The van der Waals surface area contributed by atoms with Gasteiger partial charge in [-0.05, 0) is 13.0 Å². The van der Waals surface area contributed by atoms with Crippen molar-refractivity contribution < 1.29 is 19.7 Å². The van der Waals surface area contributed by atoms with Crippen molar-refractivity contribution in [2.45, 2.75) is 19.4 Å². The van der Waals surface area contributed by atoms with Gasteiger partial charge in [0.2, 0.25) is 5.88 Å². The fourth-order valence-electron chi connectivity index (χ4n) is 1.23. The van der Waals surface area contributed by atoms with Gasteiger partial charge in [-0.3, -0.25) is 4.79 Å². The molecule has 0 radical (unpaired) electrons. The monoisotopic (exact) mass is 240 g/mol. The highest BCUT2D eigenvalue weighted by molar-refractivity contribution is 5.67. The number of aromatic nitrogens is 1. The van der Waals surface area contributed by atoms with Gasteiger partial charge in [0.25, 0.3) is 0 Å². The van der Waals surface area contributed by atoms with Crippen molar-refractivity contribution in [2.75, 3.05) is 18.5 Å². The van der Waals surface area contributed by atoms with Crippen LogP contribution < -0.4 is 10.1 Å². The van der Waals surface area contributed by atoms with Crippen LogP contribution in [0.15, 0.2) is 18.3 Å². The average Bonchev–Trinajstić information content (AvgIpc) is 2.28. The third kappa shape index (κ3) is 5.17. The van der Waals surface area contributed by atoms with E-state index in [-0.39, 0.29) is 13.0 Å². The highest BCUT2D eigenvalue weighted by Gasteiger charge is 2.08. The lowest BCUT2D eigenvalue weighted by Gasteiger charge is -2.10. The Morgan fingerprint density at radius 1 is 1.59 bits per heavy atom. The second-order valence-electron chi connectivity index (χ2n) is 3.45. The van der Waals surface area contributed by atoms with E-state index in [1.54, 1.807) is 18.3 Å². The molecule has 0 bridgehead atoms. The van der Waals surface area contributed by atoms with Crippen molar-refractivity contribution >= 4 is 11.7 Å². The predicted molar refractivity (Wildman–Crippen MR) is 62.2 cm³/mol. The zero-order valence-electron chi connectivity index (χ0n) is 9.59. The molecule has 6 heteroatoms. The summed E-state index contributed by atoms with van der Waals surface area (Å²) in [5.41, 5.74) is 0.706. The van der Waals surface area contributed by atoms with Gasteiger partial charge in [0.05, 0.1) is 31.0 Å². The molecule has 1 rings (SSSR count). The molecule has 94 valence electrons. The number of hydrogen-bond acceptors (Lipinski definition) is 5. The Bertz CT molecular complexity index is 353. The first-order valence-electron chi connectivity index (χ1n) is 5.34. The van der Waals surface area contributed by atoms with Gasteiger partial charge in [-0.1, -0.05) is 0 Å². The smallest absolute Gasteiger partial charge is 0.306 e. The van der Waals surface area contributed by atoms with Crippen LogP contribution >= 0.6 is 0 Å². The second-order valence-corrected chi connectivity index (χ2v) is 3.45. The van der Waals surface area contributed by atoms with E-state index in [9.17, 15) is 9.90 Å². The summed E-state index contributed by atoms with van der Waals surface area (Å²) in [6, 6.07) is 3.46. The summed E-state index contributed by atoms with van der Waals surface area (Å²) in [6.07, 6.45) is 0.370. The molecule has 0 saturated heterocycles. The average molecular weight is 240 g/mol. The Hall–Kier alpha value is -1.82. The molecule has 17 heavy (non-hydrogen) atoms. The van der Waals surface area contributed by atoms with Gasteiger partial charge >= 0.3 is 5.97 Å². The first kappa shape index (κ1) is 13.2. The lowest BCUT2D eigenvalue weighted by atomic mass is 10.2. The van der Waals surface area contributed by atoms with Crippen molar-refractivity contribution in [1.82, 2.24) is 4.98 Å².